The molecule has 0 bridgehead atoms. The molecule has 0 radical (unpaired) electrons. The molecule has 0 aliphatic rings. The average Bonchev–Trinajstić information content (AvgIpc) is 2.34. The molecule has 1 aromatic heterocycles. The van der Waals surface area contributed by atoms with Crippen molar-refractivity contribution in [2.45, 2.75) is 20.3 Å². The van der Waals surface area contributed by atoms with Gasteiger partial charge in [-0.3, -0.25) is 10.1 Å². The van der Waals surface area contributed by atoms with Crippen LogP contribution < -0.4 is 4.90 Å². The van der Waals surface area contributed by atoms with Gasteiger partial charge in [-0.1, -0.05) is 13.8 Å². The van der Waals surface area contributed by atoms with Crippen LogP contribution in [0.5, 0.6) is 0 Å². The summed E-state index contributed by atoms with van der Waals surface area (Å²) >= 11 is 0. The fraction of sp³-hybridized carbons (Fsp3) is 0.545. The molecule has 0 saturated heterocycles. The zero-order chi connectivity index (χ0) is 13.5. The first-order chi connectivity index (χ1) is 8.54. The molecule has 0 aliphatic heterocycles. The summed E-state index contributed by atoms with van der Waals surface area (Å²) in [6, 6.07) is 2.07. The lowest BCUT2D eigenvalue weighted by Crippen LogP contribution is -2.30. The van der Waals surface area contributed by atoms with E-state index < -0.39 is 4.92 Å². The topological polar surface area (TPSA) is 96.0 Å². The number of rotatable bonds is 6. The Hall–Kier alpha value is -2.23. The van der Waals surface area contributed by atoms with Gasteiger partial charge in [0.2, 0.25) is 5.95 Å². The van der Waals surface area contributed by atoms with Gasteiger partial charge in [0.15, 0.2) is 0 Å². The Morgan fingerprint density at radius 3 is 2.56 bits per heavy atom. The van der Waals surface area contributed by atoms with E-state index in [1.54, 1.807) is 0 Å². The number of anilines is 1. The third kappa shape index (κ3) is 3.97. The summed E-state index contributed by atoms with van der Waals surface area (Å²) in [7, 11) is 0. The second kappa shape index (κ2) is 6.49. The fourth-order valence-electron chi connectivity index (χ4n) is 1.47. The van der Waals surface area contributed by atoms with Crippen LogP contribution in [0.3, 0.4) is 0 Å². The van der Waals surface area contributed by atoms with Crippen molar-refractivity contribution >= 4 is 11.6 Å². The van der Waals surface area contributed by atoms with Gasteiger partial charge in [0.05, 0.1) is 17.4 Å². The van der Waals surface area contributed by atoms with Crippen molar-refractivity contribution in [1.29, 1.82) is 5.26 Å². The Labute approximate surface area is 105 Å². The van der Waals surface area contributed by atoms with E-state index in [-0.39, 0.29) is 5.69 Å². The molecule has 0 aromatic carbocycles. The number of nitrogens with zero attached hydrogens (tertiary/aromatic N) is 5. The number of nitriles is 1. The molecule has 0 aliphatic carbocycles. The molecule has 1 rings (SSSR count). The SMILES string of the molecule is CC(C)CN(CCC#N)c1ncc([N+](=O)[O-])cn1. The van der Waals surface area contributed by atoms with E-state index >= 15 is 0 Å². The van der Waals surface area contributed by atoms with Gasteiger partial charge in [-0.15, -0.1) is 0 Å². The highest BCUT2D eigenvalue weighted by molar-refractivity contribution is 5.34. The molecular weight excluding hydrogens is 234 g/mol. The molecule has 1 aromatic rings. The predicted octanol–water partition coefficient (Wildman–Crippen LogP) is 1.76. The predicted molar refractivity (Wildman–Crippen MR) is 66.0 cm³/mol. The quantitative estimate of drug-likeness (QED) is 0.563. The van der Waals surface area contributed by atoms with Crippen LogP contribution in [0, 0.1) is 27.4 Å². The Morgan fingerprint density at radius 2 is 2.11 bits per heavy atom. The first-order valence-electron chi connectivity index (χ1n) is 5.63. The van der Waals surface area contributed by atoms with Crippen LogP contribution >= 0.6 is 0 Å². The molecule has 96 valence electrons. The van der Waals surface area contributed by atoms with Crippen LogP contribution in [0.1, 0.15) is 20.3 Å². The highest BCUT2D eigenvalue weighted by Gasteiger charge is 2.13. The Balaban J connectivity index is 2.84. The maximum Gasteiger partial charge on any atom is 0.305 e. The summed E-state index contributed by atoms with van der Waals surface area (Å²) < 4.78 is 0. The molecular formula is C11H15N5O2. The van der Waals surface area contributed by atoms with E-state index in [4.69, 9.17) is 5.26 Å². The third-order valence-corrected chi connectivity index (χ3v) is 2.20. The van der Waals surface area contributed by atoms with Gasteiger partial charge in [-0.05, 0) is 5.92 Å². The lowest BCUT2D eigenvalue weighted by molar-refractivity contribution is -0.385. The summed E-state index contributed by atoms with van der Waals surface area (Å²) in [5, 5.41) is 19.1. The largest absolute Gasteiger partial charge is 0.340 e. The second-order valence-electron chi connectivity index (χ2n) is 4.25. The van der Waals surface area contributed by atoms with Crippen molar-refractivity contribution in [1.82, 2.24) is 9.97 Å². The van der Waals surface area contributed by atoms with E-state index in [2.05, 4.69) is 16.0 Å². The molecule has 0 amide bonds. The zero-order valence-corrected chi connectivity index (χ0v) is 10.4. The summed E-state index contributed by atoms with van der Waals surface area (Å²) in [6.07, 6.45) is 2.73. The molecule has 0 fully saturated rings. The van der Waals surface area contributed by atoms with Gasteiger partial charge < -0.3 is 4.90 Å². The number of nitro groups is 1. The summed E-state index contributed by atoms with van der Waals surface area (Å²) in [6.45, 7) is 5.32. The molecule has 0 saturated carbocycles. The van der Waals surface area contributed by atoms with Gasteiger partial charge in [-0.25, -0.2) is 9.97 Å². The molecule has 7 nitrogen and oxygen atoms in total. The maximum absolute atomic E-state index is 10.5. The summed E-state index contributed by atoms with van der Waals surface area (Å²) in [5.41, 5.74) is -0.136. The van der Waals surface area contributed by atoms with Crippen molar-refractivity contribution in [2.75, 3.05) is 18.0 Å². The van der Waals surface area contributed by atoms with Gasteiger partial charge >= 0.3 is 5.69 Å². The molecule has 0 atom stereocenters. The highest BCUT2D eigenvalue weighted by Crippen LogP contribution is 2.13. The molecule has 0 N–H and O–H groups in total. The van der Waals surface area contributed by atoms with Gasteiger partial charge in [0.1, 0.15) is 12.4 Å². The zero-order valence-electron chi connectivity index (χ0n) is 10.4. The van der Waals surface area contributed by atoms with Crippen LogP contribution in [-0.2, 0) is 0 Å². The van der Waals surface area contributed by atoms with Gasteiger partial charge in [-0.2, -0.15) is 5.26 Å². The second-order valence-corrected chi connectivity index (χ2v) is 4.25. The first-order valence-corrected chi connectivity index (χ1v) is 5.63. The number of hydrogen-bond acceptors (Lipinski definition) is 6. The number of aromatic nitrogens is 2. The van der Waals surface area contributed by atoms with E-state index in [1.165, 1.54) is 12.4 Å². The molecule has 1 heterocycles. The van der Waals surface area contributed by atoms with Gasteiger partial charge in [0.25, 0.3) is 0 Å². The molecule has 7 heteroatoms. The Bertz CT molecular complexity index is 438. The standard InChI is InChI=1S/C11H15N5O2/c1-9(2)8-15(5-3-4-12)11-13-6-10(7-14-11)16(17)18/h6-7,9H,3,5,8H2,1-2H3. The van der Waals surface area contributed by atoms with Crippen LogP contribution in [0.4, 0.5) is 11.6 Å². The van der Waals surface area contributed by atoms with E-state index in [9.17, 15) is 10.1 Å². The Morgan fingerprint density at radius 1 is 1.50 bits per heavy atom. The highest BCUT2D eigenvalue weighted by atomic mass is 16.6. The summed E-state index contributed by atoms with van der Waals surface area (Å²) in [4.78, 5) is 19.8. The van der Waals surface area contributed by atoms with Crippen LogP contribution in [-0.4, -0.2) is 28.0 Å². The minimum atomic E-state index is -0.536. The monoisotopic (exact) mass is 249 g/mol. The summed E-state index contributed by atoms with van der Waals surface area (Å²) in [5.74, 6) is 0.812. The van der Waals surface area contributed by atoms with Crippen molar-refractivity contribution in [2.24, 2.45) is 5.92 Å². The molecule has 0 unspecified atom stereocenters. The van der Waals surface area contributed by atoms with Crippen LogP contribution in [0.25, 0.3) is 0 Å². The fourth-order valence-corrected chi connectivity index (χ4v) is 1.47. The van der Waals surface area contributed by atoms with E-state index in [1.807, 2.05) is 18.7 Å². The van der Waals surface area contributed by atoms with Crippen molar-refractivity contribution in [3.05, 3.63) is 22.5 Å². The van der Waals surface area contributed by atoms with E-state index in [0.717, 1.165) is 0 Å². The number of hydrogen-bond donors (Lipinski definition) is 0. The van der Waals surface area contributed by atoms with Crippen molar-refractivity contribution in [3.8, 4) is 6.07 Å². The Kier molecular flexibility index (Phi) is 4.99. The normalized spacial score (nSPS) is 10.1. The molecule has 0 spiro atoms. The smallest absolute Gasteiger partial charge is 0.305 e. The van der Waals surface area contributed by atoms with Crippen LogP contribution in [0.2, 0.25) is 0 Å². The minimum Gasteiger partial charge on any atom is -0.340 e. The lowest BCUT2D eigenvalue weighted by atomic mass is 10.2. The molecule has 18 heavy (non-hydrogen) atoms. The van der Waals surface area contributed by atoms with Gasteiger partial charge in [0, 0.05) is 13.1 Å². The average molecular weight is 249 g/mol. The van der Waals surface area contributed by atoms with Crippen LogP contribution in [0.15, 0.2) is 12.4 Å². The minimum absolute atomic E-state index is 0.136. The first kappa shape index (κ1) is 13.8. The van der Waals surface area contributed by atoms with Crippen molar-refractivity contribution in [3.63, 3.8) is 0 Å². The maximum atomic E-state index is 10.5. The third-order valence-electron chi connectivity index (χ3n) is 2.20. The lowest BCUT2D eigenvalue weighted by Gasteiger charge is -2.22. The van der Waals surface area contributed by atoms with E-state index in [0.29, 0.717) is 31.4 Å². The van der Waals surface area contributed by atoms with Crippen molar-refractivity contribution < 1.29 is 4.92 Å².